The molecule has 0 spiro atoms. The second-order valence-electron chi connectivity index (χ2n) is 9.17. The summed E-state index contributed by atoms with van der Waals surface area (Å²) in [6.07, 6.45) is 4.84. The van der Waals surface area contributed by atoms with Crippen LogP contribution >= 0.6 is 0 Å². The summed E-state index contributed by atoms with van der Waals surface area (Å²) in [5.41, 5.74) is 0. The normalized spacial score (nSPS) is 33.0. The van der Waals surface area contributed by atoms with E-state index in [0.29, 0.717) is 11.9 Å². The SMILES string of the molecule is CC(C)N1CCN(C(=O)C2CC[N+](C)(CC3CCNCC3)CC2)CC1. The Bertz CT molecular complexity index is 431. The first-order valence-electron chi connectivity index (χ1n) is 10.5. The zero-order chi connectivity index (χ0) is 17.9. The lowest BCUT2D eigenvalue weighted by atomic mass is 9.90. The smallest absolute Gasteiger partial charge is 0.226 e. The van der Waals surface area contributed by atoms with Crippen LogP contribution in [0.2, 0.25) is 0 Å². The van der Waals surface area contributed by atoms with Crippen LogP contribution in [0.1, 0.15) is 39.5 Å². The number of amides is 1. The van der Waals surface area contributed by atoms with E-state index in [1.165, 1.54) is 50.0 Å². The van der Waals surface area contributed by atoms with Gasteiger partial charge in [0.25, 0.3) is 0 Å². The fourth-order valence-corrected chi connectivity index (χ4v) is 5.03. The average Bonchev–Trinajstić information content (AvgIpc) is 2.62. The van der Waals surface area contributed by atoms with E-state index in [4.69, 9.17) is 0 Å². The lowest BCUT2D eigenvalue weighted by molar-refractivity contribution is -0.918. The number of rotatable bonds is 4. The third-order valence-corrected chi connectivity index (χ3v) is 6.90. The number of carbonyl (C=O) groups is 1. The van der Waals surface area contributed by atoms with E-state index in [1.54, 1.807) is 0 Å². The molecular weight excluding hydrogens is 312 g/mol. The average molecular weight is 352 g/mol. The zero-order valence-electron chi connectivity index (χ0n) is 16.7. The topological polar surface area (TPSA) is 35.6 Å². The second kappa shape index (κ2) is 8.36. The molecule has 5 nitrogen and oxygen atoms in total. The predicted octanol–water partition coefficient (Wildman–Crippen LogP) is 1.40. The van der Waals surface area contributed by atoms with Crippen molar-refractivity contribution in [1.82, 2.24) is 15.1 Å². The van der Waals surface area contributed by atoms with Crippen molar-refractivity contribution in [3.63, 3.8) is 0 Å². The number of quaternary nitrogens is 1. The molecule has 3 rings (SSSR count). The van der Waals surface area contributed by atoms with Crippen molar-refractivity contribution < 1.29 is 9.28 Å². The molecule has 1 N–H and O–H groups in total. The van der Waals surface area contributed by atoms with Gasteiger partial charge in [-0.05, 0) is 39.8 Å². The van der Waals surface area contributed by atoms with Gasteiger partial charge in [0.05, 0.1) is 26.7 Å². The molecule has 0 saturated carbocycles. The number of carbonyl (C=O) groups excluding carboxylic acids is 1. The van der Waals surface area contributed by atoms with Crippen LogP contribution in [0.4, 0.5) is 0 Å². The summed E-state index contributed by atoms with van der Waals surface area (Å²) in [4.78, 5) is 17.6. The van der Waals surface area contributed by atoms with Gasteiger partial charge in [-0.15, -0.1) is 0 Å². The zero-order valence-corrected chi connectivity index (χ0v) is 16.7. The first-order valence-corrected chi connectivity index (χ1v) is 10.5. The lowest BCUT2D eigenvalue weighted by Crippen LogP contribution is -2.56. The quantitative estimate of drug-likeness (QED) is 0.778. The third-order valence-electron chi connectivity index (χ3n) is 6.90. The Labute approximate surface area is 154 Å². The largest absolute Gasteiger partial charge is 0.340 e. The minimum atomic E-state index is 0.282. The number of hydrogen-bond acceptors (Lipinski definition) is 3. The maximum atomic E-state index is 12.9. The van der Waals surface area contributed by atoms with E-state index >= 15 is 0 Å². The van der Waals surface area contributed by atoms with Crippen molar-refractivity contribution in [2.75, 3.05) is 66.0 Å². The molecule has 5 heteroatoms. The summed E-state index contributed by atoms with van der Waals surface area (Å²) in [5, 5.41) is 3.47. The Hall–Kier alpha value is -0.650. The van der Waals surface area contributed by atoms with Crippen molar-refractivity contribution in [1.29, 1.82) is 0 Å². The number of hydrogen-bond donors (Lipinski definition) is 1. The van der Waals surface area contributed by atoms with Crippen LogP contribution in [0.3, 0.4) is 0 Å². The van der Waals surface area contributed by atoms with Crippen LogP contribution in [-0.4, -0.2) is 92.2 Å². The Kier molecular flexibility index (Phi) is 6.39. The fraction of sp³-hybridized carbons (Fsp3) is 0.950. The van der Waals surface area contributed by atoms with Crippen molar-refractivity contribution in [2.24, 2.45) is 11.8 Å². The maximum Gasteiger partial charge on any atom is 0.226 e. The Morgan fingerprint density at radius 3 is 2.20 bits per heavy atom. The molecule has 0 radical (unpaired) electrons. The molecule has 3 heterocycles. The Morgan fingerprint density at radius 2 is 1.64 bits per heavy atom. The number of piperidine rings is 2. The molecule has 0 aromatic carbocycles. The number of nitrogens with zero attached hydrogens (tertiary/aromatic N) is 3. The van der Waals surface area contributed by atoms with Gasteiger partial charge in [-0.25, -0.2) is 0 Å². The molecule has 0 aliphatic carbocycles. The van der Waals surface area contributed by atoms with Gasteiger partial charge in [0.1, 0.15) is 0 Å². The molecule has 0 bridgehead atoms. The molecule has 3 aliphatic rings. The van der Waals surface area contributed by atoms with Crippen LogP contribution < -0.4 is 5.32 Å². The van der Waals surface area contributed by atoms with Crippen molar-refractivity contribution in [2.45, 2.75) is 45.6 Å². The lowest BCUT2D eigenvalue weighted by Gasteiger charge is -2.44. The standard InChI is InChI=1S/C20H39N4O/c1-17(2)22-10-12-23(13-11-22)20(25)19-6-14-24(3,15-7-19)16-18-4-8-21-9-5-18/h17-19,21H,4-16H2,1-3H3/q+1. The van der Waals surface area contributed by atoms with E-state index in [2.05, 4.69) is 36.0 Å². The predicted molar refractivity (Wildman–Crippen MR) is 102 cm³/mol. The van der Waals surface area contributed by atoms with Gasteiger partial charge < -0.3 is 14.7 Å². The molecule has 1 amide bonds. The molecule has 3 saturated heterocycles. The molecule has 0 aromatic heterocycles. The van der Waals surface area contributed by atoms with E-state index in [0.717, 1.165) is 44.9 Å². The summed E-state index contributed by atoms with van der Waals surface area (Å²) in [6.45, 7) is 14.5. The highest BCUT2D eigenvalue weighted by Gasteiger charge is 2.37. The van der Waals surface area contributed by atoms with Gasteiger partial charge in [0, 0.05) is 56.9 Å². The number of likely N-dealkylation sites (tertiary alicyclic amines) is 1. The van der Waals surface area contributed by atoms with Gasteiger partial charge in [-0.2, -0.15) is 0 Å². The Morgan fingerprint density at radius 1 is 1.04 bits per heavy atom. The van der Waals surface area contributed by atoms with Crippen LogP contribution in [0.25, 0.3) is 0 Å². The summed E-state index contributed by atoms with van der Waals surface area (Å²) in [5.74, 6) is 1.60. The van der Waals surface area contributed by atoms with Crippen molar-refractivity contribution in [3.8, 4) is 0 Å². The highest BCUT2D eigenvalue weighted by atomic mass is 16.2. The van der Waals surface area contributed by atoms with E-state index in [9.17, 15) is 4.79 Å². The molecule has 144 valence electrons. The van der Waals surface area contributed by atoms with Gasteiger partial charge in [0.2, 0.25) is 5.91 Å². The summed E-state index contributed by atoms with van der Waals surface area (Å²) in [6, 6.07) is 0.597. The van der Waals surface area contributed by atoms with E-state index in [1.807, 2.05) is 0 Å². The summed E-state index contributed by atoms with van der Waals surface area (Å²) < 4.78 is 1.19. The number of piperazine rings is 1. The van der Waals surface area contributed by atoms with E-state index < -0.39 is 0 Å². The molecule has 3 aliphatic heterocycles. The van der Waals surface area contributed by atoms with Gasteiger partial charge in [0.15, 0.2) is 0 Å². The van der Waals surface area contributed by atoms with Gasteiger partial charge >= 0.3 is 0 Å². The first kappa shape index (κ1) is 19.1. The molecule has 0 unspecified atom stereocenters. The minimum absolute atomic E-state index is 0.282. The van der Waals surface area contributed by atoms with Crippen molar-refractivity contribution in [3.05, 3.63) is 0 Å². The second-order valence-corrected chi connectivity index (χ2v) is 9.17. The molecule has 0 atom stereocenters. The van der Waals surface area contributed by atoms with Gasteiger partial charge in [-0.1, -0.05) is 0 Å². The van der Waals surface area contributed by atoms with Crippen LogP contribution in [0, 0.1) is 11.8 Å². The molecule has 25 heavy (non-hydrogen) atoms. The maximum absolute atomic E-state index is 12.9. The van der Waals surface area contributed by atoms with Crippen LogP contribution in [0.15, 0.2) is 0 Å². The minimum Gasteiger partial charge on any atom is -0.340 e. The van der Waals surface area contributed by atoms with Gasteiger partial charge in [-0.3, -0.25) is 9.69 Å². The highest BCUT2D eigenvalue weighted by molar-refractivity contribution is 5.79. The highest BCUT2D eigenvalue weighted by Crippen LogP contribution is 2.27. The first-order chi connectivity index (χ1) is 12.0. The molecule has 0 aromatic rings. The van der Waals surface area contributed by atoms with Crippen molar-refractivity contribution >= 4 is 5.91 Å². The molecular formula is C20H39N4O+. The third kappa shape index (κ3) is 4.95. The fourth-order valence-electron chi connectivity index (χ4n) is 5.03. The summed E-state index contributed by atoms with van der Waals surface area (Å²) >= 11 is 0. The Balaban J connectivity index is 1.44. The molecule has 3 fully saturated rings. The van der Waals surface area contributed by atoms with Crippen LogP contribution in [0.5, 0.6) is 0 Å². The van der Waals surface area contributed by atoms with E-state index in [-0.39, 0.29) is 5.92 Å². The number of nitrogens with one attached hydrogen (secondary N) is 1. The summed E-state index contributed by atoms with van der Waals surface area (Å²) in [7, 11) is 2.42. The van der Waals surface area contributed by atoms with Crippen LogP contribution in [-0.2, 0) is 4.79 Å². The monoisotopic (exact) mass is 351 g/mol.